The van der Waals surface area contributed by atoms with E-state index < -0.39 is 0 Å². The molecule has 4 heteroatoms. The van der Waals surface area contributed by atoms with Crippen LogP contribution in [0.1, 0.15) is 25.7 Å². The molecule has 1 unspecified atom stereocenters. The van der Waals surface area contributed by atoms with Crippen molar-refractivity contribution < 1.29 is 9.59 Å². The Balaban J connectivity index is 1.91. The van der Waals surface area contributed by atoms with Gasteiger partial charge in [0.2, 0.25) is 0 Å². The summed E-state index contributed by atoms with van der Waals surface area (Å²) in [6.45, 7) is 0.776. The van der Waals surface area contributed by atoms with Crippen molar-refractivity contribution >= 4 is 11.9 Å². The third kappa shape index (κ3) is 0.857. The van der Waals surface area contributed by atoms with Gasteiger partial charge in [0, 0.05) is 12.6 Å². The minimum absolute atomic E-state index is 0.0324. The molecule has 1 saturated carbocycles. The molecular weight excluding hydrogens is 168 g/mol. The SMILES string of the molecule is O=C1C2CCCN2C(=O)N1C1CC1. The topological polar surface area (TPSA) is 40.6 Å². The number of amides is 3. The van der Waals surface area contributed by atoms with Gasteiger partial charge in [0.1, 0.15) is 6.04 Å². The van der Waals surface area contributed by atoms with E-state index in [-0.39, 0.29) is 24.0 Å². The minimum atomic E-state index is -0.104. The molecule has 0 spiro atoms. The molecule has 70 valence electrons. The largest absolute Gasteiger partial charge is 0.327 e. The van der Waals surface area contributed by atoms with Gasteiger partial charge in [-0.15, -0.1) is 0 Å². The molecule has 2 aliphatic heterocycles. The normalized spacial score (nSPS) is 33.1. The van der Waals surface area contributed by atoms with Gasteiger partial charge in [0.05, 0.1) is 0 Å². The fourth-order valence-electron chi connectivity index (χ4n) is 2.31. The summed E-state index contributed by atoms with van der Waals surface area (Å²) in [5, 5.41) is 0. The van der Waals surface area contributed by atoms with E-state index in [0.29, 0.717) is 0 Å². The van der Waals surface area contributed by atoms with Crippen LogP contribution >= 0.6 is 0 Å². The van der Waals surface area contributed by atoms with Crippen LogP contribution in [0, 0.1) is 0 Å². The van der Waals surface area contributed by atoms with E-state index in [2.05, 4.69) is 0 Å². The van der Waals surface area contributed by atoms with Gasteiger partial charge < -0.3 is 4.90 Å². The van der Waals surface area contributed by atoms with Crippen molar-refractivity contribution in [1.82, 2.24) is 9.80 Å². The summed E-state index contributed by atoms with van der Waals surface area (Å²) < 4.78 is 0. The molecular formula is C9H12N2O2. The van der Waals surface area contributed by atoms with Crippen LogP contribution in [-0.2, 0) is 4.79 Å². The molecule has 4 nitrogen and oxygen atoms in total. The Bertz CT molecular complexity index is 263. The molecule has 3 aliphatic rings. The highest BCUT2D eigenvalue weighted by Gasteiger charge is 2.52. The Morgan fingerprint density at radius 3 is 2.54 bits per heavy atom. The summed E-state index contributed by atoms with van der Waals surface area (Å²) in [7, 11) is 0. The van der Waals surface area contributed by atoms with Crippen LogP contribution in [0.5, 0.6) is 0 Å². The van der Waals surface area contributed by atoms with E-state index in [9.17, 15) is 9.59 Å². The average molecular weight is 180 g/mol. The van der Waals surface area contributed by atoms with Crippen LogP contribution < -0.4 is 0 Å². The predicted octanol–water partition coefficient (Wildman–Crippen LogP) is 0.575. The van der Waals surface area contributed by atoms with Crippen LogP contribution in [-0.4, -0.2) is 40.4 Å². The van der Waals surface area contributed by atoms with Crippen molar-refractivity contribution in [3.63, 3.8) is 0 Å². The number of hydrogen-bond acceptors (Lipinski definition) is 2. The Hall–Kier alpha value is -1.06. The summed E-state index contributed by atoms with van der Waals surface area (Å²) in [4.78, 5) is 26.7. The molecule has 0 bridgehead atoms. The van der Waals surface area contributed by atoms with Gasteiger partial charge in [-0.3, -0.25) is 9.69 Å². The molecule has 1 atom stereocenters. The monoisotopic (exact) mass is 180 g/mol. The fraction of sp³-hybridized carbons (Fsp3) is 0.778. The molecule has 0 aromatic heterocycles. The summed E-state index contributed by atoms with van der Waals surface area (Å²) in [6.07, 6.45) is 3.88. The van der Waals surface area contributed by atoms with E-state index in [1.807, 2.05) is 0 Å². The summed E-state index contributed by atoms with van der Waals surface area (Å²) in [5.74, 6) is 0.0602. The third-order valence-corrected chi connectivity index (χ3v) is 3.14. The Morgan fingerprint density at radius 2 is 1.92 bits per heavy atom. The lowest BCUT2D eigenvalue weighted by molar-refractivity contribution is -0.128. The molecule has 13 heavy (non-hydrogen) atoms. The van der Waals surface area contributed by atoms with Gasteiger partial charge in [-0.1, -0.05) is 0 Å². The molecule has 2 saturated heterocycles. The van der Waals surface area contributed by atoms with E-state index >= 15 is 0 Å². The van der Waals surface area contributed by atoms with Gasteiger partial charge in [-0.05, 0) is 25.7 Å². The van der Waals surface area contributed by atoms with Crippen LogP contribution in [0.4, 0.5) is 4.79 Å². The van der Waals surface area contributed by atoms with Gasteiger partial charge in [0.25, 0.3) is 5.91 Å². The maximum absolute atomic E-state index is 11.7. The predicted molar refractivity (Wildman–Crippen MR) is 45.0 cm³/mol. The number of imide groups is 1. The third-order valence-electron chi connectivity index (χ3n) is 3.14. The van der Waals surface area contributed by atoms with Crippen molar-refractivity contribution in [2.75, 3.05) is 6.54 Å². The Labute approximate surface area is 76.5 Å². The number of nitrogens with zero attached hydrogens (tertiary/aromatic N) is 2. The number of hydrogen-bond donors (Lipinski definition) is 0. The second kappa shape index (κ2) is 2.25. The fourth-order valence-corrected chi connectivity index (χ4v) is 2.31. The molecule has 3 amide bonds. The zero-order valence-corrected chi connectivity index (χ0v) is 7.40. The van der Waals surface area contributed by atoms with Gasteiger partial charge in [-0.25, -0.2) is 4.79 Å². The lowest BCUT2D eigenvalue weighted by atomic mass is 10.2. The lowest BCUT2D eigenvalue weighted by Crippen LogP contribution is -2.34. The molecule has 0 aromatic carbocycles. The van der Waals surface area contributed by atoms with Gasteiger partial charge in [-0.2, -0.15) is 0 Å². The van der Waals surface area contributed by atoms with Gasteiger partial charge >= 0.3 is 6.03 Å². The highest BCUT2D eigenvalue weighted by molar-refractivity contribution is 6.05. The van der Waals surface area contributed by atoms with Crippen molar-refractivity contribution in [3.05, 3.63) is 0 Å². The van der Waals surface area contributed by atoms with E-state index in [0.717, 1.165) is 32.2 Å². The second-order valence-electron chi connectivity index (χ2n) is 4.07. The van der Waals surface area contributed by atoms with Crippen molar-refractivity contribution in [2.45, 2.75) is 37.8 Å². The van der Waals surface area contributed by atoms with Crippen LogP contribution in [0.15, 0.2) is 0 Å². The second-order valence-corrected chi connectivity index (χ2v) is 4.07. The standard InChI is InChI=1S/C9H12N2O2/c12-8-7-2-1-5-10(7)9(13)11(8)6-3-4-6/h6-7H,1-5H2. The van der Waals surface area contributed by atoms with Crippen molar-refractivity contribution in [3.8, 4) is 0 Å². The smallest absolute Gasteiger partial charge is 0.312 e. The first-order valence-corrected chi connectivity index (χ1v) is 4.93. The molecule has 0 radical (unpaired) electrons. The minimum Gasteiger partial charge on any atom is -0.312 e. The number of fused-ring (bicyclic) bond motifs is 1. The summed E-state index contributed by atoms with van der Waals surface area (Å²) >= 11 is 0. The first-order valence-electron chi connectivity index (χ1n) is 4.93. The Morgan fingerprint density at radius 1 is 1.15 bits per heavy atom. The molecule has 3 fully saturated rings. The zero-order valence-electron chi connectivity index (χ0n) is 7.40. The molecule has 3 rings (SSSR count). The summed E-state index contributed by atoms with van der Waals surface area (Å²) in [6, 6.07) is 0.105. The highest BCUT2D eigenvalue weighted by atomic mass is 16.2. The summed E-state index contributed by atoms with van der Waals surface area (Å²) in [5.41, 5.74) is 0. The lowest BCUT2D eigenvalue weighted by Gasteiger charge is -2.13. The maximum Gasteiger partial charge on any atom is 0.327 e. The molecule has 2 heterocycles. The maximum atomic E-state index is 11.7. The van der Waals surface area contributed by atoms with Crippen LogP contribution in [0.2, 0.25) is 0 Å². The number of carbonyl (C=O) groups is 2. The van der Waals surface area contributed by atoms with E-state index in [1.165, 1.54) is 4.90 Å². The van der Waals surface area contributed by atoms with Crippen molar-refractivity contribution in [1.29, 1.82) is 0 Å². The Kier molecular flexibility index (Phi) is 1.27. The first kappa shape index (κ1) is 7.35. The molecule has 0 N–H and O–H groups in total. The zero-order chi connectivity index (χ0) is 9.00. The number of urea groups is 1. The highest BCUT2D eigenvalue weighted by Crippen LogP contribution is 2.35. The van der Waals surface area contributed by atoms with Gasteiger partial charge in [0.15, 0.2) is 0 Å². The van der Waals surface area contributed by atoms with Crippen LogP contribution in [0.3, 0.4) is 0 Å². The first-order chi connectivity index (χ1) is 6.29. The molecule has 1 aliphatic carbocycles. The molecule has 0 aromatic rings. The number of rotatable bonds is 1. The van der Waals surface area contributed by atoms with Crippen molar-refractivity contribution in [2.24, 2.45) is 0 Å². The van der Waals surface area contributed by atoms with E-state index in [1.54, 1.807) is 4.90 Å². The average Bonchev–Trinajstić information content (AvgIpc) is 2.77. The van der Waals surface area contributed by atoms with E-state index in [4.69, 9.17) is 0 Å². The van der Waals surface area contributed by atoms with Crippen LogP contribution in [0.25, 0.3) is 0 Å². The number of carbonyl (C=O) groups excluding carboxylic acids is 2. The quantitative estimate of drug-likeness (QED) is 0.554.